The molecule has 2 radical (unpaired) electrons. The zero-order chi connectivity index (χ0) is 58.9. The van der Waals surface area contributed by atoms with Crippen molar-refractivity contribution in [1.29, 1.82) is 0 Å². The van der Waals surface area contributed by atoms with Crippen LogP contribution in [0.3, 0.4) is 0 Å². The van der Waals surface area contributed by atoms with Crippen molar-refractivity contribution in [2.24, 2.45) is 0 Å². The maximum absolute atomic E-state index is 7.15. The van der Waals surface area contributed by atoms with Gasteiger partial charge in [0.2, 0.25) is 0 Å². The van der Waals surface area contributed by atoms with Crippen molar-refractivity contribution in [3.05, 3.63) is 0 Å². The Kier molecular flexibility index (Phi) is 19.4. The summed E-state index contributed by atoms with van der Waals surface area (Å²) in [5.41, 5.74) is 0. The fourth-order valence-corrected chi connectivity index (χ4v) is 111. The summed E-state index contributed by atoms with van der Waals surface area (Å²) in [4.78, 5) is 0. The van der Waals surface area contributed by atoms with Crippen LogP contribution in [0.5, 0.6) is 0 Å². The Morgan fingerprint density at radius 3 is 0.684 bits per heavy atom. The predicted octanol–water partition coefficient (Wildman–Crippen LogP) is 4.16. The van der Waals surface area contributed by atoms with E-state index in [0.29, 0.717) is 6.61 Å². The number of fused-ring (bicyclic) bond motifs is 12. The van der Waals surface area contributed by atoms with Gasteiger partial charge in [0.05, 0.1) is 0 Å². The zero-order valence-electron chi connectivity index (χ0n) is 49.5. The molecular weight excluding hydrogens is 1390 g/mol. The van der Waals surface area contributed by atoms with Crippen molar-refractivity contribution in [3.8, 4) is 0 Å². The van der Waals surface area contributed by atoms with Gasteiger partial charge in [-0.3, -0.25) is 0 Å². The molecule has 0 aromatic heterocycles. The molecule has 8 aliphatic rings. The molecule has 18 unspecified atom stereocenters. The molecule has 0 aliphatic carbocycles. The molecular formula is C28H80O31Si20. The minimum absolute atomic E-state index is 0.241. The Labute approximate surface area is 487 Å². The number of hydrogen-bond acceptors (Lipinski definition) is 31. The molecule has 0 aromatic carbocycles. The minimum Gasteiger partial charge on any atom is -0.394 e. The van der Waals surface area contributed by atoms with Gasteiger partial charge in [-0.25, -0.2) is 0 Å². The summed E-state index contributed by atoms with van der Waals surface area (Å²) in [5, 5.41) is 0. The van der Waals surface area contributed by atoms with Gasteiger partial charge in [0, 0.05) is 144 Å². The molecule has 51 heteroatoms. The second kappa shape index (κ2) is 22.5. The predicted molar refractivity (Wildman–Crippen MR) is 308 cm³/mol. The van der Waals surface area contributed by atoms with Crippen LogP contribution in [-0.2, 0) is 129 Å². The lowest BCUT2D eigenvalue weighted by Gasteiger charge is -2.58. The molecule has 0 amide bonds. The summed E-state index contributed by atoms with van der Waals surface area (Å²) in [6.07, 6.45) is 0. The van der Waals surface area contributed by atoms with Gasteiger partial charge in [-0.05, 0) is 40.8 Å². The first kappa shape index (κ1) is 68.0. The van der Waals surface area contributed by atoms with Crippen LogP contribution in [0.1, 0.15) is 27.7 Å². The molecule has 458 valence electrons. The molecule has 0 aromatic rings. The van der Waals surface area contributed by atoms with Crippen molar-refractivity contribution in [2.75, 3.05) is 26.4 Å². The lowest BCUT2D eigenvalue weighted by Crippen LogP contribution is -2.83. The average Bonchev–Trinajstić information content (AvgIpc) is 3.09. The molecule has 12 bridgehead atoms. The molecule has 0 N–H and O–H groups in total. The molecule has 31 nitrogen and oxygen atoms in total. The highest BCUT2D eigenvalue weighted by molar-refractivity contribution is 7.02. The normalized spacial score (nSPS) is 55.3. The van der Waals surface area contributed by atoms with Crippen molar-refractivity contribution in [2.45, 2.75) is 159 Å². The Balaban J connectivity index is 1.16. The van der Waals surface area contributed by atoms with E-state index < -0.39 is 177 Å². The van der Waals surface area contributed by atoms with E-state index in [1.807, 2.05) is 27.7 Å². The van der Waals surface area contributed by atoms with Gasteiger partial charge in [0.15, 0.2) is 0 Å². The van der Waals surface area contributed by atoms with E-state index in [1.54, 1.807) is 131 Å². The van der Waals surface area contributed by atoms with Crippen LogP contribution in [-0.4, -0.2) is 203 Å². The summed E-state index contributed by atoms with van der Waals surface area (Å²) in [7, 11) is -77.6. The highest BCUT2D eigenvalue weighted by Crippen LogP contribution is 2.48. The minimum atomic E-state index is -4.36. The zero-order valence-corrected chi connectivity index (χ0v) is 69.5. The van der Waals surface area contributed by atoms with E-state index in [9.17, 15) is 0 Å². The lowest BCUT2D eigenvalue weighted by atomic mass is 10.9. The largest absolute Gasteiger partial charge is 0.482 e. The fraction of sp³-hybridized carbons (Fsp3) is 1.00. The smallest absolute Gasteiger partial charge is 0.394 e. The Morgan fingerprint density at radius 1 is 0.215 bits per heavy atom. The first-order valence-electron chi connectivity index (χ1n) is 25.8. The third kappa shape index (κ3) is 16.2. The second-order valence-corrected chi connectivity index (χ2v) is 77.2. The monoisotopic (exact) mass is 1470 g/mol. The third-order valence-corrected chi connectivity index (χ3v) is 93.5. The van der Waals surface area contributed by atoms with Crippen LogP contribution < -0.4 is 0 Å². The third-order valence-electron chi connectivity index (χ3n) is 11.5. The van der Waals surface area contributed by atoms with Gasteiger partial charge in [0.1, 0.15) is 0 Å². The molecule has 8 heterocycles. The summed E-state index contributed by atoms with van der Waals surface area (Å²) >= 11 is 0. The standard InChI is InChI=1S/C28H80O31Si20/c1-25-29-62(7)33-60(5)34-66(11,39-63(8,37-62)30-26-2)42-67(12)35-61(6)36-68(13)44-71(16,43-67)49-75(20)50-72(17,45-68)51-76(21)56-77(22)53-73(18)47-69(14)40-64(9,31-27-3)38-65(10,32-28-4)41-70(15,46-69)48-74(19,52-73)54-78(23,58-77)59-79(24,55-75)57-76/h25-28H2,1-24H3. The number of rotatable bonds is 10. The van der Waals surface area contributed by atoms with Crippen molar-refractivity contribution in [1.82, 2.24) is 0 Å². The maximum atomic E-state index is 7.15. The van der Waals surface area contributed by atoms with E-state index in [4.69, 9.17) is 129 Å². The molecule has 8 fully saturated rings. The molecule has 8 saturated heterocycles. The van der Waals surface area contributed by atoms with Crippen LogP contribution in [0.2, 0.25) is 131 Å². The van der Waals surface area contributed by atoms with Crippen LogP contribution in [0.25, 0.3) is 0 Å². The van der Waals surface area contributed by atoms with Gasteiger partial charge < -0.3 is 129 Å². The van der Waals surface area contributed by atoms with Gasteiger partial charge in [-0.2, -0.15) is 0 Å². The Hall–Kier alpha value is 3.10. The molecule has 8 aliphatic heterocycles. The second-order valence-electron chi connectivity index (χ2n) is 21.0. The van der Waals surface area contributed by atoms with Gasteiger partial charge in [0.25, 0.3) is 0 Å². The summed E-state index contributed by atoms with van der Waals surface area (Å²) in [6.45, 7) is 42.2. The van der Waals surface area contributed by atoms with Gasteiger partial charge in [-0.1, -0.05) is 0 Å². The van der Waals surface area contributed by atoms with Gasteiger partial charge >= 0.3 is 177 Å². The van der Waals surface area contributed by atoms with Crippen molar-refractivity contribution < 1.29 is 129 Å². The molecule has 0 saturated carbocycles. The highest BCUT2D eigenvalue weighted by atomic mass is 28.6. The van der Waals surface area contributed by atoms with Crippen LogP contribution >= 0.6 is 0 Å². The highest BCUT2D eigenvalue weighted by Gasteiger charge is 2.78. The van der Waals surface area contributed by atoms with E-state index in [-0.39, 0.29) is 19.8 Å². The first-order valence-corrected chi connectivity index (χ1v) is 69.5. The van der Waals surface area contributed by atoms with Crippen LogP contribution in [0, 0.1) is 0 Å². The first-order chi connectivity index (χ1) is 35.7. The summed E-state index contributed by atoms with van der Waals surface area (Å²) < 4.78 is 212. The van der Waals surface area contributed by atoms with Crippen molar-refractivity contribution in [3.63, 3.8) is 0 Å². The molecule has 0 spiro atoms. The quantitative estimate of drug-likeness (QED) is 0.277. The van der Waals surface area contributed by atoms with Crippen molar-refractivity contribution >= 4 is 177 Å². The molecule has 8 rings (SSSR count). The SMILES string of the molecule is CCO[Si]1(C)O[Si](C)O[Si](C)(O[Si]2(C)O[Si](C)O[Si]3(C)O[Si](C)(O2)O[Si]2(C)O[Si](C)(O3)O[Si]3(C)O[Si](C)(O2)O[Si]2(C)O[Si]4(C)O[Si]5(C)O[Si](C)(OCC)O[Si](C)(OCC)O[Si](C)(O5)O[Si](C)(O4)O[Si](C)(O3)O2)O[Si](C)(OCC)O1. The average molecular weight is 1470 g/mol. The summed E-state index contributed by atoms with van der Waals surface area (Å²) in [5.74, 6) is 0. The van der Waals surface area contributed by atoms with E-state index >= 15 is 0 Å². The van der Waals surface area contributed by atoms with E-state index in [1.165, 1.54) is 0 Å². The van der Waals surface area contributed by atoms with E-state index in [2.05, 4.69) is 0 Å². The van der Waals surface area contributed by atoms with Crippen LogP contribution in [0.15, 0.2) is 0 Å². The molecule has 79 heavy (non-hydrogen) atoms. The lowest BCUT2D eigenvalue weighted by molar-refractivity contribution is 0.00110. The molecule has 18 atom stereocenters. The van der Waals surface area contributed by atoms with Gasteiger partial charge in [-0.15, -0.1) is 0 Å². The maximum Gasteiger partial charge on any atom is 0.482 e. The Bertz CT molecular complexity index is 2270. The number of hydrogen-bond donors (Lipinski definition) is 0. The van der Waals surface area contributed by atoms with Crippen LogP contribution in [0.4, 0.5) is 0 Å². The summed E-state index contributed by atoms with van der Waals surface area (Å²) in [6, 6.07) is 0. The Morgan fingerprint density at radius 2 is 0.392 bits per heavy atom. The van der Waals surface area contributed by atoms with E-state index in [0.717, 1.165) is 0 Å². The fourth-order valence-electron chi connectivity index (χ4n) is 11.1. The topological polar surface area (TPSA) is 286 Å².